The van der Waals surface area contributed by atoms with Gasteiger partial charge in [-0.1, -0.05) is 41.9 Å². The number of nitro benzene ring substituents is 1. The number of halogens is 1. The van der Waals surface area contributed by atoms with Crippen LogP contribution in [0.3, 0.4) is 0 Å². The summed E-state index contributed by atoms with van der Waals surface area (Å²) in [6, 6.07) is 8.93. The van der Waals surface area contributed by atoms with Gasteiger partial charge in [-0.3, -0.25) is 19.7 Å². The largest absolute Gasteiger partial charge is 0.507 e. The molecule has 0 aromatic heterocycles. The minimum Gasteiger partial charge on any atom is -0.507 e. The number of nitrogens with zero attached hydrogens (tertiary/aromatic N) is 3. The van der Waals surface area contributed by atoms with E-state index in [9.17, 15) is 29.9 Å². The Hall–Kier alpha value is -3.24. The first kappa shape index (κ1) is 24.4. The Morgan fingerprint density at radius 1 is 1.18 bits per heavy atom. The lowest BCUT2D eigenvalue weighted by Gasteiger charge is -2.28. The van der Waals surface area contributed by atoms with E-state index in [-0.39, 0.29) is 29.1 Å². The average Bonchev–Trinajstić information content (AvgIpc) is 3.06. The van der Waals surface area contributed by atoms with Gasteiger partial charge in [0.15, 0.2) is 0 Å². The Bertz CT molecular complexity index is 1130. The van der Waals surface area contributed by atoms with Gasteiger partial charge in [-0.05, 0) is 36.9 Å². The zero-order chi connectivity index (χ0) is 24.3. The number of ketones is 1. The highest BCUT2D eigenvalue weighted by Gasteiger charge is 2.46. The van der Waals surface area contributed by atoms with Gasteiger partial charge in [0.05, 0.1) is 22.1 Å². The number of phenolic OH excluding ortho intramolecular Hbond substituents is 1. The molecule has 0 bridgehead atoms. The van der Waals surface area contributed by atoms with Gasteiger partial charge in [0.1, 0.15) is 11.5 Å². The van der Waals surface area contributed by atoms with E-state index >= 15 is 0 Å². The summed E-state index contributed by atoms with van der Waals surface area (Å²) in [5.74, 6) is -2.55. The van der Waals surface area contributed by atoms with Crippen molar-refractivity contribution in [2.75, 3.05) is 26.2 Å². The lowest BCUT2D eigenvalue weighted by atomic mass is 9.94. The van der Waals surface area contributed by atoms with Crippen molar-refractivity contribution < 1.29 is 24.7 Å². The molecule has 9 nitrogen and oxygen atoms in total. The van der Waals surface area contributed by atoms with Crippen molar-refractivity contribution in [1.82, 2.24) is 9.80 Å². The van der Waals surface area contributed by atoms with Crippen LogP contribution in [0, 0.1) is 10.1 Å². The summed E-state index contributed by atoms with van der Waals surface area (Å²) in [6.07, 6.45) is 0. The minimum atomic E-state index is -1.04. The summed E-state index contributed by atoms with van der Waals surface area (Å²) in [7, 11) is 0. The highest BCUT2D eigenvalue weighted by Crippen LogP contribution is 2.41. The van der Waals surface area contributed by atoms with E-state index in [4.69, 9.17) is 0 Å². The number of hydrogen-bond acceptors (Lipinski definition) is 7. The van der Waals surface area contributed by atoms with Gasteiger partial charge in [-0.25, -0.2) is 0 Å². The molecule has 0 spiro atoms. The fourth-order valence-corrected chi connectivity index (χ4v) is 4.26. The van der Waals surface area contributed by atoms with Crippen molar-refractivity contribution in [1.29, 1.82) is 0 Å². The average molecular weight is 518 g/mol. The molecule has 1 aliphatic heterocycles. The second-order valence-corrected chi connectivity index (χ2v) is 8.45. The summed E-state index contributed by atoms with van der Waals surface area (Å²) in [6.45, 7) is 6.10. The van der Waals surface area contributed by atoms with Crippen LogP contribution in [0.4, 0.5) is 5.69 Å². The molecule has 33 heavy (non-hydrogen) atoms. The molecule has 2 N–H and O–H groups in total. The van der Waals surface area contributed by atoms with Gasteiger partial charge in [0, 0.05) is 29.7 Å². The number of non-ortho nitro benzene ring substituents is 1. The third-order valence-corrected chi connectivity index (χ3v) is 6.20. The van der Waals surface area contributed by atoms with Crippen LogP contribution in [0.15, 0.2) is 52.5 Å². The smallest absolute Gasteiger partial charge is 0.295 e. The predicted molar refractivity (Wildman–Crippen MR) is 126 cm³/mol. The summed E-state index contributed by atoms with van der Waals surface area (Å²) >= 11 is 3.27. The van der Waals surface area contributed by atoms with E-state index < -0.39 is 28.4 Å². The van der Waals surface area contributed by atoms with Crippen molar-refractivity contribution in [3.8, 4) is 5.75 Å². The zero-order valence-corrected chi connectivity index (χ0v) is 19.8. The van der Waals surface area contributed by atoms with Crippen LogP contribution in [0.5, 0.6) is 5.75 Å². The number of aliphatic hydroxyl groups is 1. The topological polar surface area (TPSA) is 124 Å². The lowest BCUT2D eigenvalue weighted by molar-refractivity contribution is -0.384. The number of likely N-dealkylation sites (N-methyl/N-ethyl adjacent to an activating group) is 1. The van der Waals surface area contributed by atoms with Crippen LogP contribution in [0.1, 0.15) is 31.0 Å². The molecule has 3 rings (SSSR count). The van der Waals surface area contributed by atoms with E-state index in [1.165, 1.54) is 35.2 Å². The quantitative estimate of drug-likeness (QED) is 0.179. The van der Waals surface area contributed by atoms with Gasteiger partial charge >= 0.3 is 0 Å². The molecule has 1 aliphatic rings. The van der Waals surface area contributed by atoms with Crippen molar-refractivity contribution in [2.45, 2.75) is 19.9 Å². The minimum absolute atomic E-state index is 0.0263. The van der Waals surface area contributed by atoms with Crippen molar-refractivity contribution in [2.24, 2.45) is 0 Å². The zero-order valence-electron chi connectivity index (χ0n) is 18.2. The molecule has 174 valence electrons. The fourth-order valence-electron chi connectivity index (χ4n) is 3.90. The molecular formula is C23H24BrN3O6. The summed E-state index contributed by atoms with van der Waals surface area (Å²) in [4.78, 5) is 40.2. The Morgan fingerprint density at radius 2 is 1.88 bits per heavy atom. The molecule has 0 saturated carbocycles. The molecule has 2 aromatic carbocycles. The predicted octanol–water partition coefficient (Wildman–Crippen LogP) is 3.83. The SMILES string of the molecule is CCN(CC)CCN1C(=O)C(=O)C(=C(O)c2cc(Br)ccc2O)C1c1cccc([N+](=O)[O-])c1. The van der Waals surface area contributed by atoms with Gasteiger partial charge in [-0.2, -0.15) is 0 Å². The maximum absolute atomic E-state index is 13.1. The second kappa shape index (κ2) is 10.1. The molecule has 10 heteroatoms. The van der Waals surface area contributed by atoms with Crippen molar-refractivity contribution in [3.63, 3.8) is 0 Å². The first-order valence-electron chi connectivity index (χ1n) is 10.4. The normalized spacial score (nSPS) is 17.7. The number of aromatic hydroxyl groups is 1. The van der Waals surface area contributed by atoms with Crippen LogP contribution >= 0.6 is 15.9 Å². The maximum Gasteiger partial charge on any atom is 0.295 e. The van der Waals surface area contributed by atoms with E-state index in [1.807, 2.05) is 13.8 Å². The van der Waals surface area contributed by atoms with E-state index in [1.54, 1.807) is 12.1 Å². The molecule has 1 heterocycles. The Morgan fingerprint density at radius 3 is 2.52 bits per heavy atom. The maximum atomic E-state index is 13.1. The van der Waals surface area contributed by atoms with Crippen LogP contribution in [0.2, 0.25) is 0 Å². The van der Waals surface area contributed by atoms with Gasteiger partial charge in [0.2, 0.25) is 0 Å². The van der Waals surface area contributed by atoms with Gasteiger partial charge < -0.3 is 20.0 Å². The number of phenols is 1. The monoisotopic (exact) mass is 517 g/mol. The molecule has 1 saturated heterocycles. The first-order chi connectivity index (χ1) is 15.7. The Labute approximate surface area is 199 Å². The van der Waals surface area contributed by atoms with Crippen LogP contribution in [0.25, 0.3) is 5.76 Å². The third-order valence-electron chi connectivity index (χ3n) is 5.70. The molecule has 1 fully saturated rings. The number of likely N-dealkylation sites (tertiary alicyclic amines) is 1. The molecule has 0 aliphatic carbocycles. The number of carbonyl (C=O) groups excluding carboxylic acids is 2. The van der Waals surface area contributed by atoms with E-state index in [2.05, 4.69) is 20.8 Å². The van der Waals surface area contributed by atoms with Crippen LogP contribution in [-0.2, 0) is 9.59 Å². The van der Waals surface area contributed by atoms with Crippen molar-refractivity contribution in [3.05, 3.63) is 73.8 Å². The third kappa shape index (κ3) is 4.91. The lowest BCUT2D eigenvalue weighted by Crippen LogP contribution is -2.38. The van der Waals surface area contributed by atoms with Gasteiger partial charge in [0.25, 0.3) is 17.4 Å². The molecule has 1 amide bonds. The number of benzene rings is 2. The number of nitro groups is 1. The summed E-state index contributed by atoms with van der Waals surface area (Å²) in [5, 5.41) is 32.7. The molecule has 1 atom stereocenters. The first-order valence-corrected chi connectivity index (χ1v) is 11.2. The molecule has 2 aromatic rings. The number of hydrogen-bond donors (Lipinski definition) is 2. The molecule has 0 radical (unpaired) electrons. The fraction of sp³-hybridized carbons (Fsp3) is 0.304. The standard InChI is InChI=1S/C23H24BrN3O6/c1-3-25(4-2)10-11-26-20(14-6-5-7-16(12-14)27(32)33)19(22(30)23(26)31)21(29)17-13-15(24)8-9-18(17)28/h5-9,12-13,20,28-29H,3-4,10-11H2,1-2H3. The number of aliphatic hydroxyl groups excluding tert-OH is 1. The summed E-state index contributed by atoms with van der Waals surface area (Å²) < 4.78 is 0.546. The van der Waals surface area contributed by atoms with Crippen LogP contribution in [-0.4, -0.2) is 62.8 Å². The molecule has 1 unspecified atom stereocenters. The van der Waals surface area contributed by atoms with Crippen molar-refractivity contribution >= 4 is 39.1 Å². The summed E-state index contributed by atoms with van der Waals surface area (Å²) in [5.41, 5.74) is -0.138. The Balaban J connectivity index is 2.19. The number of rotatable bonds is 8. The number of Topliss-reactive ketones (excluding diaryl/α,β-unsaturated/α-hetero) is 1. The van der Waals surface area contributed by atoms with E-state index in [0.29, 0.717) is 16.6 Å². The number of amides is 1. The van der Waals surface area contributed by atoms with Gasteiger partial charge in [-0.15, -0.1) is 0 Å². The second-order valence-electron chi connectivity index (χ2n) is 7.53. The highest BCUT2D eigenvalue weighted by atomic mass is 79.9. The number of carbonyl (C=O) groups is 2. The highest BCUT2D eigenvalue weighted by molar-refractivity contribution is 9.10. The molecular weight excluding hydrogens is 494 g/mol. The van der Waals surface area contributed by atoms with Crippen LogP contribution < -0.4 is 0 Å². The Kier molecular flexibility index (Phi) is 7.50. The van der Waals surface area contributed by atoms with E-state index in [0.717, 1.165) is 13.1 Å².